The smallest absolute Gasteiger partial charge is 0.173 e. The molecule has 2 rings (SSSR count). The molecule has 1 atom stereocenters. The molecule has 1 aliphatic heterocycles. The zero-order valence-corrected chi connectivity index (χ0v) is 12.8. The fourth-order valence-corrected chi connectivity index (χ4v) is 2.98. The van der Waals surface area contributed by atoms with Gasteiger partial charge in [-0.1, -0.05) is 31.9 Å². The molecular formula is C16H24N2S. The van der Waals surface area contributed by atoms with E-state index in [4.69, 9.17) is 12.2 Å². The Morgan fingerprint density at radius 1 is 1.26 bits per heavy atom. The summed E-state index contributed by atoms with van der Waals surface area (Å²) in [7, 11) is 0. The highest BCUT2D eigenvalue weighted by Crippen LogP contribution is 2.18. The van der Waals surface area contributed by atoms with Gasteiger partial charge in [-0.15, -0.1) is 0 Å². The van der Waals surface area contributed by atoms with Crippen molar-refractivity contribution < 1.29 is 0 Å². The van der Waals surface area contributed by atoms with E-state index < -0.39 is 0 Å². The summed E-state index contributed by atoms with van der Waals surface area (Å²) in [5.74, 6) is 0. The Bertz CT molecular complexity index is 413. The van der Waals surface area contributed by atoms with E-state index in [2.05, 4.69) is 48.3 Å². The van der Waals surface area contributed by atoms with Gasteiger partial charge in [-0.3, -0.25) is 0 Å². The van der Waals surface area contributed by atoms with Crippen LogP contribution in [0.5, 0.6) is 0 Å². The van der Waals surface area contributed by atoms with Crippen LogP contribution >= 0.6 is 12.2 Å². The fraction of sp³-hybridized carbons (Fsp3) is 0.562. The van der Waals surface area contributed by atoms with Crippen molar-refractivity contribution in [1.29, 1.82) is 0 Å². The summed E-state index contributed by atoms with van der Waals surface area (Å²) in [5, 5.41) is 4.25. The van der Waals surface area contributed by atoms with E-state index in [1.807, 2.05) is 0 Å². The fourth-order valence-electron chi connectivity index (χ4n) is 2.60. The first-order valence-electron chi connectivity index (χ1n) is 7.37. The first-order chi connectivity index (χ1) is 9.20. The van der Waals surface area contributed by atoms with Crippen molar-refractivity contribution in [3.8, 4) is 0 Å². The number of nitrogens with one attached hydrogen (secondary N) is 1. The van der Waals surface area contributed by atoms with Crippen LogP contribution in [0, 0.1) is 0 Å². The number of thiocarbonyl (C=S) groups is 1. The first kappa shape index (κ1) is 14.3. The van der Waals surface area contributed by atoms with E-state index in [1.165, 1.54) is 31.2 Å². The third kappa shape index (κ3) is 3.93. The molecule has 1 fully saturated rings. The quantitative estimate of drug-likeness (QED) is 0.815. The van der Waals surface area contributed by atoms with Gasteiger partial charge in [0.1, 0.15) is 0 Å². The van der Waals surface area contributed by atoms with Gasteiger partial charge in [0.25, 0.3) is 0 Å². The Labute approximate surface area is 122 Å². The minimum absolute atomic E-state index is 0.553. The lowest BCUT2D eigenvalue weighted by molar-refractivity contribution is 0.341. The van der Waals surface area contributed by atoms with Crippen LogP contribution in [0.15, 0.2) is 24.3 Å². The molecule has 0 spiro atoms. The summed E-state index contributed by atoms with van der Waals surface area (Å²) in [4.78, 5) is 2.34. The topological polar surface area (TPSA) is 15.3 Å². The Kier molecular flexibility index (Phi) is 5.20. The number of benzene rings is 1. The normalized spacial score (nSPS) is 19.9. The minimum Gasteiger partial charge on any atom is -0.346 e. The number of rotatable bonds is 2. The highest BCUT2D eigenvalue weighted by Gasteiger charge is 2.19. The number of hydrogen-bond acceptors (Lipinski definition) is 1. The van der Waals surface area contributed by atoms with Crippen LogP contribution in [-0.2, 0) is 6.42 Å². The molecule has 1 heterocycles. The second kappa shape index (κ2) is 6.90. The summed E-state index contributed by atoms with van der Waals surface area (Å²) >= 11 is 5.57. The molecule has 1 aliphatic rings. The van der Waals surface area contributed by atoms with Gasteiger partial charge in [-0.05, 0) is 56.1 Å². The highest BCUT2D eigenvalue weighted by molar-refractivity contribution is 7.80. The summed E-state index contributed by atoms with van der Waals surface area (Å²) in [5.41, 5.74) is 2.46. The molecule has 1 unspecified atom stereocenters. The molecule has 1 saturated heterocycles. The Hall–Kier alpha value is -1.09. The van der Waals surface area contributed by atoms with Crippen LogP contribution in [-0.4, -0.2) is 22.6 Å². The monoisotopic (exact) mass is 276 g/mol. The van der Waals surface area contributed by atoms with E-state index in [0.29, 0.717) is 6.04 Å². The summed E-state index contributed by atoms with van der Waals surface area (Å²) < 4.78 is 0. The van der Waals surface area contributed by atoms with Crippen LogP contribution in [0.3, 0.4) is 0 Å². The van der Waals surface area contributed by atoms with Gasteiger partial charge in [0.2, 0.25) is 0 Å². The van der Waals surface area contributed by atoms with Gasteiger partial charge in [-0.25, -0.2) is 0 Å². The van der Waals surface area contributed by atoms with Crippen LogP contribution < -0.4 is 5.32 Å². The largest absolute Gasteiger partial charge is 0.346 e. The lowest BCUT2D eigenvalue weighted by Crippen LogP contribution is -2.40. The minimum atomic E-state index is 0.553. The summed E-state index contributed by atoms with van der Waals surface area (Å²) in [6.07, 6.45) is 6.23. The maximum Gasteiger partial charge on any atom is 0.173 e. The molecule has 0 aliphatic carbocycles. The van der Waals surface area contributed by atoms with E-state index in [1.54, 1.807) is 0 Å². The molecule has 3 heteroatoms. The van der Waals surface area contributed by atoms with E-state index in [0.717, 1.165) is 23.8 Å². The van der Waals surface area contributed by atoms with Crippen molar-refractivity contribution in [2.24, 2.45) is 0 Å². The van der Waals surface area contributed by atoms with E-state index >= 15 is 0 Å². The molecular weight excluding hydrogens is 252 g/mol. The van der Waals surface area contributed by atoms with E-state index in [-0.39, 0.29) is 0 Å². The van der Waals surface area contributed by atoms with Gasteiger partial charge in [0.05, 0.1) is 0 Å². The molecule has 1 aromatic carbocycles. The predicted octanol–water partition coefficient (Wildman–Crippen LogP) is 4.21. The maximum atomic E-state index is 5.57. The van der Waals surface area contributed by atoms with Crippen molar-refractivity contribution in [1.82, 2.24) is 4.90 Å². The third-order valence-electron chi connectivity index (χ3n) is 3.93. The van der Waals surface area contributed by atoms with Crippen LogP contribution in [0.25, 0.3) is 0 Å². The Morgan fingerprint density at radius 3 is 2.68 bits per heavy atom. The van der Waals surface area contributed by atoms with Crippen molar-refractivity contribution >= 4 is 23.0 Å². The zero-order valence-electron chi connectivity index (χ0n) is 12.0. The third-order valence-corrected chi connectivity index (χ3v) is 4.26. The summed E-state index contributed by atoms with van der Waals surface area (Å²) in [6, 6.07) is 9.12. The highest BCUT2D eigenvalue weighted by atomic mass is 32.1. The van der Waals surface area contributed by atoms with Gasteiger partial charge >= 0.3 is 0 Å². The Morgan fingerprint density at radius 2 is 2.00 bits per heavy atom. The molecule has 104 valence electrons. The maximum absolute atomic E-state index is 5.57. The lowest BCUT2D eigenvalue weighted by Gasteiger charge is -2.30. The molecule has 0 bridgehead atoms. The van der Waals surface area contributed by atoms with Gasteiger partial charge in [0.15, 0.2) is 5.11 Å². The molecule has 0 amide bonds. The molecule has 19 heavy (non-hydrogen) atoms. The molecule has 0 radical (unpaired) electrons. The standard InChI is InChI=1S/C16H24N2S/c1-3-14-8-10-15(11-9-14)17-16(19)18-12-6-4-5-7-13(18)2/h8-11,13H,3-7,12H2,1-2H3,(H,17,19). The molecule has 0 saturated carbocycles. The number of likely N-dealkylation sites (tertiary alicyclic amines) is 1. The molecule has 0 aromatic heterocycles. The second-order valence-corrected chi connectivity index (χ2v) is 5.76. The molecule has 1 aromatic rings. The number of aryl methyl sites for hydroxylation is 1. The Balaban J connectivity index is 1.98. The second-order valence-electron chi connectivity index (χ2n) is 5.37. The van der Waals surface area contributed by atoms with Crippen molar-refractivity contribution in [2.45, 2.75) is 52.0 Å². The molecule has 2 nitrogen and oxygen atoms in total. The number of nitrogens with zero attached hydrogens (tertiary/aromatic N) is 1. The zero-order chi connectivity index (χ0) is 13.7. The van der Waals surface area contributed by atoms with Gasteiger partial charge in [-0.2, -0.15) is 0 Å². The number of anilines is 1. The van der Waals surface area contributed by atoms with Crippen LogP contribution in [0.4, 0.5) is 5.69 Å². The van der Waals surface area contributed by atoms with E-state index in [9.17, 15) is 0 Å². The lowest BCUT2D eigenvalue weighted by atomic mass is 10.1. The first-order valence-corrected chi connectivity index (χ1v) is 7.78. The predicted molar refractivity (Wildman–Crippen MR) is 86.7 cm³/mol. The van der Waals surface area contributed by atoms with Crippen molar-refractivity contribution in [2.75, 3.05) is 11.9 Å². The van der Waals surface area contributed by atoms with Crippen LogP contribution in [0.2, 0.25) is 0 Å². The SMILES string of the molecule is CCc1ccc(NC(=S)N2CCCCCC2C)cc1. The summed E-state index contributed by atoms with van der Waals surface area (Å²) in [6.45, 7) is 5.53. The van der Waals surface area contributed by atoms with Crippen LogP contribution in [0.1, 0.15) is 45.1 Å². The average Bonchev–Trinajstić information content (AvgIpc) is 2.64. The van der Waals surface area contributed by atoms with Gasteiger partial charge in [0, 0.05) is 18.3 Å². The average molecular weight is 276 g/mol. The number of hydrogen-bond donors (Lipinski definition) is 1. The van der Waals surface area contributed by atoms with Crippen molar-refractivity contribution in [3.05, 3.63) is 29.8 Å². The van der Waals surface area contributed by atoms with Gasteiger partial charge < -0.3 is 10.2 Å². The van der Waals surface area contributed by atoms with Crippen molar-refractivity contribution in [3.63, 3.8) is 0 Å². The molecule has 1 N–H and O–H groups in total.